The minimum absolute atomic E-state index is 0.0404. The van der Waals surface area contributed by atoms with Crippen molar-refractivity contribution >= 4 is 22.6 Å². The van der Waals surface area contributed by atoms with Crippen molar-refractivity contribution < 1.29 is 29.7 Å². The summed E-state index contributed by atoms with van der Waals surface area (Å²) >= 11 is 0. The predicted octanol–water partition coefficient (Wildman–Crippen LogP) is 5.63. The van der Waals surface area contributed by atoms with Gasteiger partial charge in [0.2, 0.25) is 0 Å². The van der Waals surface area contributed by atoms with Gasteiger partial charge in [0.05, 0.1) is 0 Å². The summed E-state index contributed by atoms with van der Waals surface area (Å²) in [7, 11) is 0. The highest BCUT2D eigenvalue weighted by molar-refractivity contribution is 5.87. The number of carboxylic acids is 1. The molecule has 0 aliphatic carbocycles. The smallest absolute Gasteiger partial charge is 0.335 e. The summed E-state index contributed by atoms with van der Waals surface area (Å²) < 4.78 is 5.47. The largest absolute Gasteiger partial charge is 0.479 e. The van der Waals surface area contributed by atoms with Gasteiger partial charge in [0, 0.05) is 13.2 Å². The molecule has 210 valence electrons. The number of hydrogen-bond donors (Lipinski definition) is 3. The summed E-state index contributed by atoms with van der Waals surface area (Å²) in [6.07, 6.45) is 2.70. The molecular weight excluding hydrogens is 494 g/mol. The molecule has 3 aromatic rings. The van der Waals surface area contributed by atoms with E-state index in [9.17, 15) is 25.0 Å². The Morgan fingerprint density at radius 3 is 2.13 bits per heavy atom. The van der Waals surface area contributed by atoms with Crippen LogP contribution in [0.15, 0.2) is 60.7 Å². The van der Waals surface area contributed by atoms with Crippen molar-refractivity contribution in [2.24, 2.45) is 0 Å². The van der Waals surface area contributed by atoms with Gasteiger partial charge in [0.15, 0.2) is 12.2 Å². The summed E-state index contributed by atoms with van der Waals surface area (Å²) in [6, 6.07) is 21.0. The Labute approximate surface area is 231 Å². The lowest BCUT2D eigenvalue weighted by Crippen LogP contribution is -2.48. The number of aliphatic hydroxyl groups excluding tert-OH is 1. The lowest BCUT2D eigenvalue weighted by Gasteiger charge is -2.24. The SMILES string of the molecule is Cc1ccc(CCCCCO[C@@H](C(=O)N(O)CCCCCc2ccc3ccccc3c2)[C@@H](O)C(=O)O)cc1C. The van der Waals surface area contributed by atoms with Gasteiger partial charge >= 0.3 is 5.97 Å². The zero-order valence-electron chi connectivity index (χ0n) is 23.0. The van der Waals surface area contributed by atoms with Crippen LogP contribution in [0.2, 0.25) is 0 Å². The maximum absolute atomic E-state index is 12.7. The van der Waals surface area contributed by atoms with Crippen molar-refractivity contribution in [3.8, 4) is 0 Å². The summed E-state index contributed by atoms with van der Waals surface area (Å²) in [6.45, 7) is 4.33. The molecule has 0 fully saturated rings. The molecule has 0 spiro atoms. The van der Waals surface area contributed by atoms with Gasteiger partial charge in [-0.3, -0.25) is 10.0 Å². The molecule has 3 rings (SSSR count). The average molecular weight is 536 g/mol. The minimum atomic E-state index is -2.05. The topological polar surface area (TPSA) is 107 Å². The molecule has 39 heavy (non-hydrogen) atoms. The second-order valence-electron chi connectivity index (χ2n) is 10.3. The van der Waals surface area contributed by atoms with Crippen molar-refractivity contribution in [1.29, 1.82) is 0 Å². The van der Waals surface area contributed by atoms with Crippen molar-refractivity contribution in [3.05, 3.63) is 82.9 Å². The molecule has 7 heteroatoms. The monoisotopic (exact) mass is 535 g/mol. The number of aliphatic carboxylic acids is 1. The Morgan fingerprint density at radius 1 is 0.795 bits per heavy atom. The zero-order valence-corrected chi connectivity index (χ0v) is 23.0. The summed E-state index contributed by atoms with van der Waals surface area (Å²) in [4.78, 5) is 24.0. The molecule has 0 saturated carbocycles. The first kappa shape index (κ1) is 30.3. The third-order valence-corrected chi connectivity index (χ3v) is 7.17. The molecule has 3 aromatic carbocycles. The zero-order chi connectivity index (χ0) is 28.2. The Balaban J connectivity index is 1.37. The second kappa shape index (κ2) is 15.4. The molecule has 7 nitrogen and oxygen atoms in total. The molecule has 1 amide bonds. The van der Waals surface area contributed by atoms with E-state index in [1.165, 1.54) is 33.0 Å². The molecular formula is C32H41NO6. The van der Waals surface area contributed by atoms with Crippen LogP contribution >= 0.6 is 0 Å². The number of carbonyl (C=O) groups excluding carboxylic acids is 1. The van der Waals surface area contributed by atoms with Crippen LogP contribution in [0, 0.1) is 13.8 Å². The third-order valence-electron chi connectivity index (χ3n) is 7.17. The highest BCUT2D eigenvalue weighted by Crippen LogP contribution is 2.18. The lowest BCUT2D eigenvalue weighted by molar-refractivity contribution is -0.189. The first-order valence-electron chi connectivity index (χ1n) is 13.8. The third kappa shape index (κ3) is 9.46. The number of rotatable bonds is 16. The first-order chi connectivity index (χ1) is 18.8. The molecule has 3 N–H and O–H groups in total. The number of benzene rings is 3. The molecule has 0 aliphatic rings. The fourth-order valence-electron chi connectivity index (χ4n) is 4.62. The Morgan fingerprint density at radius 2 is 1.44 bits per heavy atom. The van der Waals surface area contributed by atoms with Crippen molar-refractivity contribution in [2.75, 3.05) is 13.2 Å². The number of amides is 1. The average Bonchev–Trinajstić information content (AvgIpc) is 2.93. The van der Waals surface area contributed by atoms with Crippen LogP contribution in [0.25, 0.3) is 10.8 Å². The predicted molar refractivity (Wildman–Crippen MR) is 152 cm³/mol. The maximum atomic E-state index is 12.7. The second-order valence-corrected chi connectivity index (χ2v) is 10.3. The maximum Gasteiger partial charge on any atom is 0.335 e. The van der Waals surface area contributed by atoms with Gasteiger partial charge in [-0.25, -0.2) is 9.86 Å². The molecule has 0 unspecified atom stereocenters. The van der Waals surface area contributed by atoms with Gasteiger partial charge < -0.3 is 14.9 Å². The minimum Gasteiger partial charge on any atom is -0.479 e. The van der Waals surface area contributed by atoms with Crippen LogP contribution in [0.1, 0.15) is 60.8 Å². The van der Waals surface area contributed by atoms with Crippen molar-refractivity contribution in [3.63, 3.8) is 0 Å². The van der Waals surface area contributed by atoms with Crippen LogP contribution in [-0.2, 0) is 27.2 Å². The van der Waals surface area contributed by atoms with Crippen molar-refractivity contribution in [2.45, 2.75) is 77.4 Å². The number of hydrogen-bond acceptors (Lipinski definition) is 5. The molecule has 2 atom stereocenters. The lowest BCUT2D eigenvalue weighted by atomic mass is 10.0. The van der Waals surface area contributed by atoms with E-state index in [2.05, 4.69) is 62.4 Å². The number of hydroxylamine groups is 2. The number of carbonyl (C=O) groups is 2. The Hall–Kier alpha value is -3.26. The summed E-state index contributed by atoms with van der Waals surface area (Å²) in [5.74, 6) is -2.50. The van der Waals surface area contributed by atoms with E-state index in [0.717, 1.165) is 38.5 Å². The van der Waals surface area contributed by atoms with E-state index in [-0.39, 0.29) is 13.2 Å². The van der Waals surface area contributed by atoms with Crippen LogP contribution < -0.4 is 0 Å². The number of ether oxygens (including phenoxy) is 1. The van der Waals surface area contributed by atoms with Gasteiger partial charge in [-0.2, -0.15) is 0 Å². The standard InChI is InChI=1S/C32H41NO6/c1-23-15-16-25(21-24(23)2)11-6-4-10-20-39-30(29(34)32(36)37)31(35)33(38)19-9-3-5-12-26-17-18-27-13-7-8-14-28(27)22-26/h7-8,13-18,21-22,29-30,34,38H,3-6,9-12,19-20H2,1-2H3,(H,36,37)/t29-,30-/m1/s1. The van der Waals surface area contributed by atoms with E-state index in [4.69, 9.17) is 4.74 Å². The fraction of sp³-hybridized carbons (Fsp3) is 0.438. The van der Waals surface area contributed by atoms with E-state index >= 15 is 0 Å². The van der Waals surface area contributed by atoms with Crippen LogP contribution in [0.5, 0.6) is 0 Å². The Kier molecular flexibility index (Phi) is 11.9. The van der Waals surface area contributed by atoms with Gasteiger partial charge in [0.25, 0.3) is 5.91 Å². The van der Waals surface area contributed by atoms with Crippen LogP contribution in [0.4, 0.5) is 0 Å². The first-order valence-corrected chi connectivity index (χ1v) is 13.8. The summed E-state index contributed by atoms with van der Waals surface area (Å²) in [5.41, 5.74) is 5.02. The highest BCUT2D eigenvalue weighted by Gasteiger charge is 2.35. The van der Waals surface area contributed by atoms with E-state index in [1.807, 2.05) is 12.1 Å². The number of aliphatic hydroxyl groups is 1. The van der Waals surface area contributed by atoms with Crippen LogP contribution in [-0.4, -0.2) is 57.7 Å². The van der Waals surface area contributed by atoms with Gasteiger partial charge in [-0.1, -0.05) is 73.5 Å². The number of aryl methyl sites for hydroxylation is 4. The molecule has 0 heterocycles. The summed E-state index contributed by atoms with van der Waals surface area (Å²) in [5, 5.41) is 32.4. The van der Waals surface area contributed by atoms with Gasteiger partial charge in [-0.15, -0.1) is 0 Å². The van der Waals surface area contributed by atoms with E-state index in [0.29, 0.717) is 17.9 Å². The number of nitrogens with zero attached hydrogens (tertiary/aromatic N) is 1. The molecule has 0 radical (unpaired) electrons. The van der Waals surface area contributed by atoms with Crippen molar-refractivity contribution in [1.82, 2.24) is 5.06 Å². The molecule has 0 saturated heterocycles. The fourth-order valence-corrected chi connectivity index (χ4v) is 4.62. The van der Waals surface area contributed by atoms with E-state index < -0.39 is 24.1 Å². The number of carboxylic acid groups (broad SMARTS) is 1. The molecule has 0 bridgehead atoms. The molecule has 0 aromatic heterocycles. The number of unbranched alkanes of at least 4 members (excludes halogenated alkanes) is 4. The Bertz CT molecular complexity index is 1230. The molecule has 0 aliphatic heterocycles. The normalized spacial score (nSPS) is 12.8. The quantitative estimate of drug-likeness (QED) is 0.125. The van der Waals surface area contributed by atoms with Crippen LogP contribution in [0.3, 0.4) is 0 Å². The highest BCUT2D eigenvalue weighted by atomic mass is 16.5. The number of fused-ring (bicyclic) bond motifs is 1. The van der Waals surface area contributed by atoms with E-state index in [1.54, 1.807) is 0 Å². The van der Waals surface area contributed by atoms with Gasteiger partial charge in [-0.05, 0) is 85.4 Å². The van der Waals surface area contributed by atoms with Gasteiger partial charge in [0.1, 0.15) is 0 Å².